The molecular weight excluding hydrogens is 257 g/mol. The van der Waals surface area contributed by atoms with Crippen LogP contribution in [0.1, 0.15) is 25.0 Å². The lowest BCUT2D eigenvalue weighted by Crippen LogP contribution is -2.28. The highest BCUT2D eigenvalue weighted by molar-refractivity contribution is 5.35. The van der Waals surface area contributed by atoms with Gasteiger partial charge in [0.15, 0.2) is 5.69 Å². The fourth-order valence-corrected chi connectivity index (χ4v) is 2.45. The van der Waals surface area contributed by atoms with Crippen LogP contribution in [0.15, 0.2) is 12.1 Å². The molecule has 104 valence electrons. The van der Waals surface area contributed by atoms with Gasteiger partial charge in [-0.15, -0.1) is 10.2 Å². The molecule has 1 saturated heterocycles. The van der Waals surface area contributed by atoms with Crippen LogP contribution in [0, 0.1) is 0 Å². The Kier molecular flexibility index (Phi) is 3.08. The molecule has 1 aromatic rings. The molecule has 19 heavy (non-hydrogen) atoms. The van der Waals surface area contributed by atoms with Crippen molar-refractivity contribution >= 4 is 5.82 Å². The van der Waals surface area contributed by atoms with Gasteiger partial charge >= 0.3 is 6.18 Å². The van der Waals surface area contributed by atoms with E-state index in [-0.39, 0.29) is 6.04 Å². The van der Waals surface area contributed by atoms with Gasteiger partial charge in [0.25, 0.3) is 0 Å². The van der Waals surface area contributed by atoms with E-state index in [2.05, 4.69) is 20.4 Å². The largest absolute Gasteiger partial charge is 0.435 e. The highest BCUT2D eigenvalue weighted by atomic mass is 19.4. The summed E-state index contributed by atoms with van der Waals surface area (Å²) in [5.41, 5.74) is -0.955. The van der Waals surface area contributed by atoms with Crippen molar-refractivity contribution < 1.29 is 13.2 Å². The smallest absolute Gasteiger partial charge is 0.365 e. The third-order valence-electron chi connectivity index (χ3n) is 3.59. The summed E-state index contributed by atoms with van der Waals surface area (Å²) in [6, 6.07) is 3.29. The van der Waals surface area contributed by atoms with Crippen molar-refractivity contribution in [2.75, 3.05) is 18.4 Å². The molecule has 1 aliphatic carbocycles. The number of nitrogens with one attached hydrogen (secondary N) is 1. The number of halogens is 3. The van der Waals surface area contributed by atoms with Crippen molar-refractivity contribution in [1.29, 1.82) is 0 Å². The number of alkyl halides is 3. The van der Waals surface area contributed by atoms with Gasteiger partial charge in [0.2, 0.25) is 0 Å². The zero-order valence-corrected chi connectivity index (χ0v) is 10.3. The molecule has 0 amide bonds. The summed E-state index contributed by atoms with van der Waals surface area (Å²) < 4.78 is 37.0. The molecule has 0 radical (unpaired) electrons. The summed E-state index contributed by atoms with van der Waals surface area (Å²) in [5, 5.41) is 9.95. The van der Waals surface area contributed by atoms with Gasteiger partial charge in [0.1, 0.15) is 5.82 Å². The Morgan fingerprint density at radius 1 is 1.16 bits per heavy atom. The van der Waals surface area contributed by atoms with E-state index >= 15 is 0 Å². The quantitative estimate of drug-likeness (QED) is 0.915. The third-order valence-corrected chi connectivity index (χ3v) is 3.59. The van der Waals surface area contributed by atoms with Gasteiger partial charge in [-0.3, -0.25) is 4.90 Å². The maximum atomic E-state index is 12.3. The number of rotatable bonds is 3. The summed E-state index contributed by atoms with van der Waals surface area (Å²) in [6.45, 7) is 1.99. The SMILES string of the molecule is FC(F)(F)c1ccc(NC2CCN(C3CC3)C2)nn1. The molecule has 3 rings (SSSR count). The highest BCUT2D eigenvalue weighted by Crippen LogP contribution is 2.31. The van der Waals surface area contributed by atoms with Gasteiger partial charge in [0.05, 0.1) is 0 Å². The Hall–Kier alpha value is -1.37. The normalized spacial score (nSPS) is 24.7. The second kappa shape index (κ2) is 4.63. The number of hydrogen-bond donors (Lipinski definition) is 1. The summed E-state index contributed by atoms with van der Waals surface area (Å²) in [6.07, 6.45) is -0.888. The lowest BCUT2D eigenvalue weighted by Gasteiger charge is -2.16. The van der Waals surface area contributed by atoms with E-state index in [9.17, 15) is 13.2 Å². The van der Waals surface area contributed by atoms with Crippen molar-refractivity contribution in [3.63, 3.8) is 0 Å². The van der Waals surface area contributed by atoms with Crippen LogP contribution in [0.25, 0.3) is 0 Å². The van der Waals surface area contributed by atoms with E-state index in [1.54, 1.807) is 0 Å². The molecule has 1 atom stereocenters. The number of aromatic nitrogens is 2. The minimum absolute atomic E-state index is 0.256. The topological polar surface area (TPSA) is 41.0 Å². The molecule has 2 heterocycles. The van der Waals surface area contributed by atoms with Crippen molar-refractivity contribution in [3.05, 3.63) is 17.8 Å². The fourth-order valence-electron chi connectivity index (χ4n) is 2.45. The Balaban J connectivity index is 1.58. The van der Waals surface area contributed by atoms with E-state index in [1.165, 1.54) is 18.9 Å². The lowest BCUT2D eigenvalue weighted by molar-refractivity contribution is -0.141. The molecule has 0 aromatic carbocycles. The van der Waals surface area contributed by atoms with Crippen LogP contribution >= 0.6 is 0 Å². The van der Waals surface area contributed by atoms with Gasteiger partial charge < -0.3 is 5.32 Å². The average Bonchev–Trinajstić information content (AvgIpc) is 3.10. The van der Waals surface area contributed by atoms with Crippen molar-refractivity contribution in [2.45, 2.75) is 37.5 Å². The van der Waals surface area contributed by atoms with Crippen LogP contribution in [0.5, 0.6) is 0 Å². The van der Waals surface area contributed by atoms with Crippen LogP contribution in [0.2, 0.25) is 0 Å². The van der Waals surface area contributed by atoms with Gasteiger partial charge in [-0.05, 0) is 31.4 Å². The summed E-state index contributed by atoms with van der Waals surface area (Å²) in [4.78, 5) is 2.43. The molecule has 2 aliphatic rings. The molecule has 1 aromatic heterocycles. The predicted molar refractivity (Wildman–Crippen MR) is 63.7 cm³/mol. The second-order valence-corrected chi connectivity index (χ2v) is 5.16. The van der Waals surface area contributed by atoms with Gasteiger partial charge in [0, 0.05) is 25.2 Å². The van der Waals surface area contributed by atoms with E-state index in [0.717, 1.165) is 31.6 Å². The number of likely N-dealkylation sites (tertiary alicyclic amines) is 1. The standard InChI is InChI=1S/C12H15F3N4/c13-12(14,15)10-3-4-11(18-17-10)16-8-5-6-19(7-8)9-1-2-9/h3-4,8-9H,1-2,5-7H2,(H,16,18). The molecule has 1 aliphatic heterocycles. The summed E-state index contributed by atoms with van der Waals surface area (Å²) >= 11 is 0. The van der Waals surface area contributed by atoms with Gasteiger partial charge in [-0.1, -0.05) is 0 Å². The Bertz CT molecular complexity index is 441. The molecule has 2 fully saturated rings. The fraction of sp³-hybridized carbons (Fsp3) is 0.667. The van der Waals surface area contributed by atoms with Crippen LogP contribution in [0.3, 0.4) is 0 Å². The Morgan fingerprint density at radius 2 is 1.95 bits per heavy atom. The van der Waals surface area contributed by atoms with Crippen LogP contribution < -0.4 is 5.32 Å². The monoisotopic (exact) mass is 272 g/mol. The van der Waals surface area contributed by atoms with E-state index in [1.807, 2.05) is 0 Å². The van der Waals surface area contributed by atoms with Crippen molar-refractivity contribution in [2.24, 2.45) is 0 Å². The first kappa shape index (κ1) is 12.7. The molecule has 1 saturated carbocycles. The minimum Gasteiger partial charge on any atom is -0.365 e. The first-order valence-corrected chi connectivity index (χ1v) is 6.44. The highest BCUT2D eigenvalue weighted by Gasteiger charge is 2.35. The molecule has 0 bridgehead atoms. The van der Waals surface area contributed by atoms with E-state index < -0.39 is 11.9 Å². The number of nitrogens with zero attached hydrogens (tertiary/aromatic N) is 3. The van der Waals surface area contributed by atoms with Crippen molar-refractivity contribution in [3.8, 4) is 0 Å². The van der Waals surface area contributed by atoms with Gasteiger partial charge in [-0.2, -0.15) is 13.2 Å². The van der Waals surface area contributed by atoms with E-state index in [4.69, 9.17) is 0 Å². The lowest BCUT2D eigenvalue weighted by atomic mass is 10.2. The Labute approximate surface area is 109 Å². The van der Waals surface area contributed by atoms with Gasteiger partial charge in [-0.25, -0.2) is 0 Å². The zero-order chi connectivity index (χ0) is 13.5. The van der Waals surface area contributed by atoms with E-state index in [0.29, 0.717) is 5.82 Å². The van der Waals surface area contributed by atoms with Crippen LogP contribution in [-0.4, -0.2) is 40.3 Å². The summed E-state index contributed by atoms with van der Waals surface area (Å²) in [5.74, 6) is 0.413. The number of hydrogen-bond acceptors (Lipinski definition) is 4. The second-order valence-electron chi connectivity index (χ2n) is 5.16. The first-order chi connectivity index (χ1) is 9.02. The minimum atomic E-state index is -4.43. The molecule has 4 nitrogen and oxygen atoms in total. The first-order valence-electron chi connectivity index (χ1n) is 6.44. The third kappa shape index (κ3) is 2.97. The molecular formula is C12H15F3N4. The average molecular weight is 272 g/mol. The maximum Gasteiger partial charge on any atom is 0.435 e. The summed E-state index contributed by atoms with van der Waals surface area (Å²) in [7, 11) is 0. The Morgan fingerprint density at radius 3 is 2.53 bits per heavy atom. The molecule has 1 unspecified atom stereocenters. The maximum absolute atomic E-state index is 12.3. The molecule has 7 heteroatoms. The number of anilines is 1. The van der Waals surface area contributed by atoms with Crippen LogP contribution in [-0.2, 0) is 6.18 Å². The van der Waals surface area contributed by atoms with Crippen LogP contribution in [0.4, 0.5) is 19.0 Å². The predicted octanol–water partition coefficient (Wildman–Crippen LogP) is 2.14. The molecule has 1 N–H and O–H groups in total. The van der Waals surface area contributed by atoms with Crippen molar-refractivity contribution in [1.82, 2.24) is 15.1 Å². The molecule has 0 spiro atoms. The zero-order valence-electron chi connectivity index (χ0n) is 10.3.